The summed E-state index contributed by atoms with van der Waals surface area (Å²) in [5, 5.41) is 5.18. The number of nitrogens with zero attached hydrogens (tertiary/aromatic N) is 1. The van der Waals surface area contributed by atoms with E-state index in [0.29, 0.717) is 0 Å². The zero-order valence-electron chi connectivity index (χ0n) is 10.1. The van der Waals surface area contributed by atoms with Gasteiger partial charge in [0.25, 0.3) is 0 Å². The highest BCUT2D eigenvalue weighted by atomic mass is 14.9. The fourth-order valence-corrected chi connectivity index (χ4v) is 2.84. The SMILES string of the molecule is C[n+]1cc2ccccc2c2ccc3[nH]ccc3c21. The van der Waals surface area contributed by atoms with Gasteiger partial charge in [-0.05, 0) is 24.3 Å². The second kappa shape index (κ2) is 3.33. The first-order chi connectivity index (χ1) is 8.84. The van der Waals surface area contributed by atoms with Gasteiger partial charge in [-0.25, -0.2) is 0 Å². The second-order valence-electron chi connectivity index (χ2n) is 4.73. The third-order valence-corrected chi connectivity index (χ3v) is 3.64. The molecule has 2 heterocycles. The first-order valence-electron chi connectivity index (χ1n) is 6.12. The average molecular weight is 233 g/mol. The Morgan fingerprint density at radius 3 is 2.72 bits per heavy atom. The van der Waals surface area contributed by atoms with Gasteiger partial charge < -0.3 is 4.98 Å². The maximum Gasteiger partial charge on any atom is 0.222 e. The first-order valence-corrected chi connectivity index (χ1v) is 6.12. The molecule has 2 nitrogen and oxygen atoms in total. The van der Waals surface area contributed by atoms with Crippen LogP contribution in [-0.4, -0.2) is 4.98 Å². The third kappa shape index (κ3) is 1.15. The van der Waals surface area contributed by atoms with E-state index in [1.54, 1.807) is 0 Å². The summed E-state index contributed by atoms with van der Waals surface area (Å²) in [6.45, 7) is 0. The van der Waals surface area contributed by atoms with Crippen molar-refractivity contribution in [2.24, 2.45) is 7.05 Å². The summed E-state index contributed by atoms with van der Waals surface area (Å²) in [5.74, 6) is 0. The molecule has 0 radical (unpaired) electrons. The smallest absolute Gasteiger partial charge is 0.222 e. The lowest BCUT2D eigenvalue weighted by Gasteiger charge is -2.03. The van der Waals surface area contributed by atoms with Crippen molar-refractivity contribution < 1.29 is 4.57 Å². The van der Waals surface area contributed by atoms with Crippen molar-refractivity contribution in [3.05, 3.63) is 54.9 Å². The van der Waals surface area contributed by atoms with E-state index in [1.165, 1.54) is 32.6 Å². The number of aromatic amines is 1. The molecule has 2 aromatic carbocycles. The number of H-pyrrole nitrogens is 1. The van der Waals surface area contributed by atoms with Gasteiger partial charge in [0.15, 0.2) is 6.20 Å². The average Bonchev–Trinajstić information content (AvgIpc) is 2.86. The molecule has 0 aliphatic rings. The largest absolute Gasteiger partial charge is 0.361 e. The highest BCUT2D eigenvalue weighted by Gasteiger charge is 2.13. The molecule has 0 bridgehead atoms. The van der Waals surface area contributed by atoms with Gasteiger partial charge in [-0.1, -0.05) is 18.2 Å². The van der Waals surface area contributed by atoms with Gasteiger partial charge in [0.2, 0.25) is 5.52 Å². The van der Waals surface area contributed by atoms with Gasteiger partial charge in [0, 0.05) is 17.0 Å². The number of benzene rings is 2. The molecule has 0 saturated heterocycles. The lowest BCUT2D eigenvalue weighted by molar-refractivity contribution is -0.642. The minimum Gasteiger partial charge on any atom is -0.361 e. The standard InChI is InChI=1S/C16H12N2/c1-18-10-11-4-2-3-5-12(11)13-6-7-15-14(16(13)18)8-9-17-15/h2-10H,1H3/p+1. The van der Waals surface area contributed by atoms with Gasteiger partial charge in [-0.2, -0.15) is 4.57 Å². The normalized spacial score (nSPS) is 11.6. The van der Waals surface area contributed by atoms with Crippen LogP contribution in [0.1, 0.15) is 0 Å². The van der Waals surface area contributed by atoms with Crippen molar-refractivity contribution in [3.8, 4) is 0 Å². The number of hydrogen-bond acceptors (Lipinski definition) is 0. The van der Waals surface area contributed by atoms with Gasteiger partial charge in [0.1, 0.15) is 7.05 Å². The second-order valence-corrected chi connectivity index (χ2v) is 4.73. The maximum atomic E-state index is 3.27. The van der Waals surface area contributed by atoms with Crippen LogP contribution >= 0.6 is 0 Å². The van der Waals surface area contributed by atoms with E-state index in [4.69, 9.17) is 0 Å². The monoisotopic (exact) mass is 233 g/mol. The van der Waals surface area contributed by atoms with Crippen molar-refractivity contribution in [2.45, 2.75) is 0 Å². The Morgan fingerprint density at radius 1 is 0.889 bits per heavy atom. The topological polar surface area (TPSA) is 19.7 Å². The Labute approximate surface area is 104 Å². The number of rotatable bonds is 0. The fourth-order valence-electron chi connectivity index (χ4n) is 2.84. The summed E-state index contributed by atoms with van der Waals surface area (Å²) in [7, 11) is 2.11. The minimum atomic E-state index is 1.19. The minimum absolute atomic E-state index is 1.19. The third-order valence-electron chi connectivity index (χ3n) is 3.64. The molecule has 0 aliphatic heterocycles. The number of nitrogens with one attached hydrogen (secondary N) is 1. The number of pyridine rings is 1. The van der Waals surface area contributed by atoms with Crippen molar-refractivity contribution in [3.63, 3.8) is 0 Å². The molecule has 2 aromatic heterocycles. The van der Waals surface area contributed by atoms with Gasteiger partial charge in [-0.3, -0.25) is 0 Å². The zero-order chi connectivity index (χ0) is 12.1. The molecule has 0 amide bonds. The molecule has 0 atom stereocenters. The molecule has 0 unspecified atom stereocenters. The first kappa shape index (κ1) is 9.66. The predicted octanol–water partition coefficient (Wildman–Crippen LogP) is 3.30. The molecular weight excluding hydrogens is 220 g/mol. The molecular formula is C16H13N2+. The van der Waals surface area contributed by atoms with Crippen molar-refractivity contribution in [2.75, 3.05) is 0 Å². The van der Waals surface area contributed by atoms with Crippen LogP contribution in [-0.2, 0) is 7.05 Å². The van der Waals surface area contributed by atoms with Crippen LogP contribution in [0.3, 0.4) is 0 Å². The van der Waals surface area contributed by atoms with E-state index in [1.807, 2.05) is 6.20 Å². The van der Waals surface area contributed by atoms with Crippen LogP contribution in [0.25, 0.3) is 32.6 Å². The number of aryl methyl sites for hydroxylation is 1. The van der Waals surface area contributed by atoms with E-state index in [0.717, 1.165) is 0 Å². The molecule has 0 fully saturated rings. The van der Waals surface area contributed by atoms with E-state index in [2.05, 4.69) is 65.3 Å². The van der Waals surface area contributed by atoms with Crippen LogP contribution in [0.15, 0.2) is 54.9 Å². The summed E-state index contributed by atoms with van der Waals surface area (Å²) in [6.07, 6.45) is 4.20. The summed E-state index contributed by atoms with van der Waals surface area (Å²) < 4.78 is 2.22. The Hall–Kier alpha value is -2.35. The van der Waals surface area contributed by atoms with Crippen molar-refractivity contribution >= 4 is 32.6 Å². The molecule has 0 saturated carbocycles. The molecule has 18 heavy (non-hydrogen) atoms. The van der Waals surface area contributed by atoms with Gasteiger partial charge in [-0.15, -0.1) is 0 Å². The Bertz CT molecular complexity index is 887. The lowest BCUT2D eigenvalue weighted by atomic mass is 10.0. The maximum absolute atomic E-state index is 3.27. The summed E-state index contributed by atoms with van der Waals surface area (Å²) in [6, 6.07) is 15.0. The van der Waals surface area contributed by atoms with Crippen LogP contribution in [0, 0.1) is 0 Å². The molecule has 4 rings (SSSR count). The summed E-state index contributed by atoms with van der Waals surface area (Å²) in [5.41, 5.74) is 2.47. The van der Waals surface area contributed by atoms with Gasteiger partial charge in [0.05, 0.1) is 16.3 Å². The summed E-state index contributed by atoms with van der Waals surface area (Å²) >= 11 is 0. The van der Waals surface area contributed by atoms with E-state index in [9.17, 15) is 0 Å². The Morgan fingerprint density at radius 2 is 1.78 bits per heavy atom. The van der Waals surface area contributed by atoms with Crippen LogP contribution in [0.2, 0.25) is 0 Å². The molecule has 4 aromatic rings. The molecule has 0 aliphatic carbocycles. The Balaban J connectivity index is 2.38. The van der Waals surface area contributed by atoms with Crippen molar-refractivity contribution in [1.29, 1.82) is 0 Å². The molecule has 2 heteroatoms. The lowest BCUT2D eigenvalue weighted by Crippen LogP contribution is -2.28. The van der Waals surface area contributed by atoms with Crippen LogP contribution < -0.4 is 4.57 Å². The number of aromatic nitrogens is 2. The predicted molar refractivity (Wildman–Crippen MR) is 74.5 cm³/mol. The molecule has 86 valence electrons. The van der Waals surface area contributed by atoms with Crippen LogP contribution in [0.5, 0.6) is 0 Å². The Kier molecular flexibility index (Phi) is 1.78. The highest BCUT2D eigenvalue weighted by Crippen LogP contribution is 2.27. The zero-order valence-corrected chi connectivity index (χ0v) is 10.1. The number of hydrogen-bond donors (Lipinski definition) is 1. The van der Waals surface area contributed by atoms with E-state index >= 15 is 0 Å². The number of fused-ring (bicyclic) bond motifs is 5. The fraction of sp³-hybridized carbons (Fsp3) is 0.0625. The highest BCUT2D eigenvalue weighted by molar-refractivity contribution is 6.12. The summed E-state index contributed by atoms with van der Waals surface area (Å²) in [4.78, 5) is 3.27. The van der Waals surface area contributed by atoms with Gasteiger partial charge >= 0.3 is 0 Å². The van der Waals surface area contributed by atoms with Crippen LogP contribution in [0.4, 0.5) is 0 Å². The quantitative estimate of drug-likeness (QED) is 0.355. The van der Waals surface area contributed by atoms with E-state index < -0.39 is 0 Å². The van der Waals surface area contributed by atoms with Crippen molar-refractivity contribution in [1.82, 2.24) is 4.98 Å². The molecule has 0 spiro atoms. The van der Waals surface area contributed by atoms with E-state index in [-0.39, 0.29) is 0 Å². The molecule has 1 N–H and O–H groups in total.